The van der Waals surface area contributed by atoms with Gasteiger partial charge < -0.3 is 25.4 Å². The summed E-state index contributed by atoms with van der Waals surface area (Å²) in [4.78, 5) is 43.3. The summed E-state index contributed by atoms with van der Waals surface area (Å²) in [5.74, 6) is 0.217. The fraction of sp³-hybridized carbons (Fsp3) is 0.267. The molecule has 0 radical (unpaired) electrons. The molecule has 5 amide bonds. The molecule has 3 N–H and O–H groups in total. The number of amidine groups is 1. The molecule has 0 aliphatic carbocycles. The zero-order chi connectivity index (χ0) is 31.7. The quantitative estimate of drug-likeness (QED) is 0.233. The van der Waals surface area contributed by atoms with Crippen molar-refractivity contribution in [3.8, 4) is 11.5 Å². The third kappa shape index (κ3) is 9.14. The van der Waals surface area contributed by atoms with E-state index in [4.69, 9.17) is 4.74 Å². The lowest BCUT2D eigenvalue weighted by molar-refractivity contribution is -0.274. The molecule has 0 saturated carbocycles. The molecule has 0 atom stereocenters. The van der Waals surface area contributed by atoms with E-state index in [9.17, 15) is 27.6 Å². The van der Waals surface area contributed by atoms with Crippen molar-refractivity contribution in [2.24, 2.45) is 4.99 Å². The van der Waals surface area contributed by atoms with Gasteiger partial charge in [0.25, 0.3) is 0 Å². The van der Waals surface area contributed by atoms with Crippen LogP contribution in [0.25, 0.3) is 0 Å². The largest absolute Gasteiger partial charge is 0.573 e. The van der Waals surface area contributed by atoms with Crippen molar-refractivity contribution < 1.29 is 37.0 Å². The Morgan fingerprint density at radius 2 is 1.59 bits per heavy atom. The van der Waals surface area contributed by atoms with Gasteiger partial charge in [0, 0.05) is 24.0 Å². The summed E-state index contributed by atoms with van der Waals surface area (Å²) in [7, 11) is 1.55. The molecule has 3 aromatic rings. The molecule has 1 aliphatic heterocycles. The number of nitrogens with one attached hydrogen (secondary N) is 3. The number of thioether (sulfide) groups is 1. The monoisotopic (exact) mass is 629 g/mol. The first-order chi connectivity index (χ1) is 21.0. The highest BCUT2D eigenvalue weighted by Gasteiger charge is 2.32. The SMILES string of the molecule is CCCc1ccc(OC)cc1N1C(=O)CSC1=NC(=O)NCCc1ccc(NC(=O)Nc2ccc(OC(F)(F)F)cc2)cc1. The van der Waals surface area contributed by atoms with E-state index in [0.717, 1.165) is 36.1 Å². The minimum absolute atomic E-state index is 0.164. The van der Waals surface area contributed by atoms with E-state index in [2.05, 4.69) is 25.7 Å². The number of ether oxygens (including phenoxy) is 2. The smallest absolute Gasteiger partial charge is 0.497 e. The van der Waals surface area contributed by atoms with Crippen LogP contribution in [0.2, 0.25) is 0 Å². The van der Waals surface area contributed by atoms with E-state index in [1.165, 1.54) is 28.8 Å². The molecular formula is C30H30F3N5O5S. The summed E-state index contributed by atoms with van der Waals surface area (Å²) in [6.45, 7) is 2.33. The fourth-order valence-corrected chi connectivity index (χ4v) is 5.13. The van der Waals surface area contributed by atoms with Gasteiger partial charge >= 0.3 is 18.4 Å². The topological polar surface area (TPSA) is 121 Å². The highest BCUT2D eigenvalue weighted by atomic mass is 32.2. The number of hydrogen-bond acceptors (Lipinski definition) is 6. The predicted molar refractivity (Wildman–Crippen MR) is 164 cm³/mol. The third-order valence-electron chi connectivity index (χ3n) is 6.26. The maximum Gasteiger partial charge on any atom is 0.573 e. The van der Waals surface area contributed by atoms with Crippen LogP contribution in [0.4, 0.5) is 39.8 Å². The summed E-state index contributed by atoms with van der Waals surface area (Å²) < 4.78 is 46.0. The summed E-state index contributed by atoms with van der Waals surface area (Å²) in [5.41, 5.74) is 3.27. The van der Waals surface area contributed by atoms with Crippen LogP contribution in [-0.4, -0.2) is 48.9 Å². The summed E-state index contributed by atoms with van der Waals surface area (Å²) >= 11 is 1.20. The van der Waals surface area contributed by atoms with E-state index >= 15 is 0 Å². The number of carbonyl (C=O) groups excluding carboxylic acids is 3. The molecule has 1 fully saturated rings. The summed E-state index contributed by atoms with van der Waals surface area (Å²) in [6, 6.07) is 16.0. The number of aliphatic imine (C=N–C) groups is 1. The van der Waals surface area contributed by atoms with Gasteiger partial charge in [-0.1, -0.05) is 43.3 Å². The number of carbonyl (C=O) groups is 3. The van der Waals surface area contributed by atoms with Crippen LogP contribution in [0.3, 0.4) is 0 Å². The van der Waals surface area contributed by atoms with Crippen molar-refractivity contribution in [2.75, 3.05) is 34.9 Å². The molecule has 232 valence electrons. The second kappa shape index (κ2) is 14.6. The van der Waals surface area contributed by atoms with Crippen LogP contribution in [0, 0.1) is 0 Å². The Kier molecular flexibility index (Phi) is 10.7. The first-order valence-corrected chi connectivity index (χ1v) is 14.5. The molecule has 14 heteroatoms. The van der Waals surface area contributed by atoms with Crippen LogP contribution in [0.15, 0.2) is 71.7 Å². The Hall–Kier alpha value is -4.72. The molecular weight excluding hydrogens is 599 g/mol. The van der Waals surface area contributed by atoms with E-state index in [1.807, 2.05) is 19.1 Å². The van der Waals surface area contributed by atoms with E-state index < -0.39 is 24.2 Å². The summed E-state index contributed by atoms with van der Waals surface area (Å²) in [5, 5.41) is 8.20. The number of nitrogens with zero attached hydrogens (tertiary/aromatic N) is 2. The molecule has 10 nitrogen and oxygen atoms in total. The number of urea groups is 2. The van der Waals surface area contributed by atoms with Gasteiger partial charge in [0.05, 0.1) is 18.6 Å². The Labute approximate surface area is 256 Å². The van der Waals surface area contributed by atoms with Gasteiger partial charge in [-0.05, 0) is 66.4 Å². The standard InChI is InChI=1S/C30H30F3N5O5S/c1-3-4-20-7-12-24(42-2)17-25(20)38-26(39)18-44-29(38)37-27(40)34-16-15-19-5-8-21(9-6-19)35-28(41)36-22-10-13-23(14-11-22)43-30(31,32)33/h5-14,17H,3-4,15-16,18H2,1-2H3,(H,34,40)(H2,35,36,41). The molecule has 1 saturated heterocycles. The molecule has 0 unspecified atom stereocenters. The lowest BCUT2D eigenvalue weighted by atomic mass is 10.1. The number of benzene rings is 3. The zero-order valence-electron chi connectivity index (χ0n) is 23.9. The maximum absolute atomic E-state index is 12.7. The highest BCUT2D eigenvalue weighted by Crippen LogP contribution is 2.33. The first-order valence-electron chi connectivity index (χ1n) is 13.6. The van der Waals surface area contributed by atoms with Crippen LogP contribution in [0.1, 0.15) is 24.5 Å². The molecule has 44 heavy (non-hydrogen) atoms. The van der Waals surface area contributed by atoms with Crippen molar-refractivity contribution in [3.05, 3.63) is 77.9 Å². The van der Waals surface area contributed by atoms with Gasteiger partial charge in [-0.25, -0.2) is 9.59 Å². The number of aryl methyl sites for hydroxylation is 1. The number of anilines is 3. The van der Waals surface area contributed by atoms with Crippen LogP contribution in [0.5, 0.6) is 11.5 Å². The lowest BCUT2D eigenvalue weighted by Gasteiger charge is -2.20. The number of amides is 5. The highest BCUT2D eigenvalue weighted by molar-refractivity contribution is 8.15. The zero-order valence-corrected chi connectivity index (χ0v) is 24.7. The Balaban J connectivity index is 1.28. The molecule has 0 aromatic heterocycles. The number of alkyl halides is 3. The maximum atomic E-state index is 12.7. The average Bonchev–Trinajstić information content (AvgIpc) is 3.33. The summed E-state index contributed by atoms with van der Waals surface area (Å²) in [6.07, 6.45) is -2.67. The van der Waals surface area contributed by atoms with Crippen molar-refractivity contribution in [1.82, 2.24) is 5.32 Å². The van der Waals surface area contributed by atoms with E-state index in [-0.39, 0.29) is 23.9 Å². The third-order valence-corrected chi connectivity index (χ3v) is 7.19. The minimum Gasteiger partial charge on any atom is -0.497 e. The van der Waals surface area contributed by atoms with Crippen molar-refractivity contribution >= 4 is 52.0 Å². The van der Waals surface area contributed by atoms with Gasteiger partial charge in [-0.15, -0.1) is 13.2 Å². The fourth-order valence-electron chi connectivity index (χ4n) is 4.27. The van der Waals surface area contributed by atoms with Gasteiger partial charge in [-0.3, -0.25) is 9.69 Å². The van der Waals surface area contributed by atoms with Gasteiger partial charge in [0.15, 0.2) is 5.17 Å². The average molecular weight is 630 g/mol. The Bertz CT molecular complexity index is 1510. The van der Waals surface area contributed by atoms with E-state index in [1.54, 1.807) is 37.4 Å². The normalized spacial score (nSPS) is 14.0. The molecule has 3 aromatic carbocycles. The van der Waals surface area contributed by atoms with Gasteiger partial charge in [-0.2, -0.15) is 4.99 Å². The lowest BCUT2D eigenvalue weighted by Crippen LogP contribution is -2.32. The number of methoxy groups -OCH3 is 1. The molecule has 1 heterocycles. The molecule has 0 spiro atoms. The number of rotatable bonds is 10. The second-order valence-electron chi connectivity index (χ2n) is 9.49. The van der Waals surface area contributed by atoms with Crippen LogP contribution in [-0.2, 0) is 17.6 Å². The van der Waals surface area contributed by atoms with Crippen LogP contribution >= 0.6 is 11.8 Å². The van der Waals surface area contributed by atoms with Gasteiger partial charge in [0.2, 0.25) is 5.91 Å². The van der Waals surface area contributed by atoms with Crippen LogP contribution < -0.4 is 30.3 Å². The molecule has 0 bridgehead atoms. The van der Waals surface area contributed by atoms with Gasteiger partial charge in [0.1, 0.15) is 11.5 Å². The minimum atomic E-state index is -4.80. The Morgan fingerprint density at radius 1 is 0.955 bits per heavy atom. The predicted octanol–water partition coefficient (Wildman–Crippen LogP) is 6.58. The molecule has 4 rings (SSSR count). The number of halogens is 3. The van der Waals surface area contributed by atoms with Crippen molar-refractivity contribution in [3.63, 3.8) is 0 Å². The second-order valence-corrected chi connectivity index (χ2v) is 10.4. The Morgan fingerprint density at radius 3 is 2.20 bits per heavy atom. The van der Waals surface area contributed by atoms with E-state index in [0.29, 0.717) is 28.7 Å². The first kappa shape index (κ1) is 32.2. The molecule has 1 aliphatic rings. The van der Waals surface area contributed by atoms with Crippen molar-refractivity contribution in [2.45, 2.75) is 32.5 Å². The number of hydrogen-bond donors (Lipinski definition) is 3. The van der Waals surface area contributed by atoms with Crippen molar-refractivity contribution in [1.29, 1.82) is 0 Å².